The van der Waals surface area contributed by atoms with Gasteiger partial charge in [-0.25, -0.2) is 9.69 Å². The number of hydrogen-bond donors (Lipinski definition) is 0. The van der Waals surface area contributed by atoms with Crippen molar-refractivity contribution in [2.24, 2.45) is 11.0 Å². The average Bonchev–Trinajstić information content (AvgIpc) is 2.78. The number of benzene rings is 2. The fourth-order valence-electron chi connectivity index (χ4n) is 4.25. The Balaban J connectivity index is 1.95. The zero-order valence-electron chi connectivity index (χ0n) is 16.8. The monoisotopic (exact) mass is 435 g/mol. The summed E-state index contributed by atoms with van der Waals surface area (Å²) >= 11 is 0. The minimum atomic E-state index is -1.95. The number of nitrogens with zero attached hydrogens (tertiary/aromatic N) is 7. The second-order valence-electron chi connectivity index (χ2n) is 7.31. The summed E-state index contributed by atoms with van der Waals surface area (Å²) < 4.78 is 0. The molecule has 2 fully saturated rings. The molecule has 0 N–H and O–H groups in total. The van der Waals surface area contributed by atoms with Crippen LogP contribution in [0.2, 0.25) is 0 Å². The Morgan fingerprint density at radius 3 is 2.06 bits per heavy atom. The van der Waals surface area contributed by atoms with Crippen molar-refractivity contribution in [3.63, 3.8) is 0 Å². The van der Waals surface area contributed by atoms with E-state index in [1.54, 1.807) is 60.7 Å². The molecule has 2 aromatic carbocycles. The first-order chi connectivity index (χ1) is 15.4. The lowest BCUT2D eigenvalue weighted by atomic mass is 9.82. The molecule has 32 heavy (non-hydrogen) atoms. The van der Waals surface area contributed by atoms with Gasteiger partial charge in [0.1, 0.15) is 12.2 Å². The van der Waals surface area contributed by atoms with Crippen LogP contribution in [0.25, 0.3) is 10.4 Å². The minimum absolute atomic E-state index is 0.249. The lowest BCUT2D eigenvalue weighted by molar-refractivity contribution is -0.515. The average molecular weight is 435 g/mol. The molecule has 4 amide bonds. The third-order valence-corrected chi connectivity index (χ3v) is 5.64. The standard InChI is InChI=1S/C20H17N7O5/c1-24-17-14(15(22-23-21)16(19(24)29)27(31)32)18(28)26(13-10-6-3-7-11-13)20(30)25(17)12-8-4-2-5-9-12/h2-11,14-17H,1H3. The van der Waals surface area contributed by atoms with Crippen LogP contribution < -0.4 is 9.80 Å². The van der Waals surface area contributed by atoms with Crippen molar-refractivity contribution in [3.05, 3.63) is 81.2 Å². The maximum Gasteiger partial charge on any atom is 0.337 e. The van der Waals surface area contributed by atoms with Gasteiger partial charge >= 0.3 is 6.03 Å². The number of carbonyl (C=O) groups is 3. The Kier molecular flexibility index (Phi) is 5.21. The minimum Gasteiger partial charge on any atom is -0.318 e. The Bertz CT molecular complexity index is 1140. The lowest BCUT2D eigenvalue weighted by Gasteiger charge is -2.51. The summed E-state index contributed by atoms with van der Waals surface area (Å²) in [6, 6.07) is 12.1. The van der Waals surface area contributed by atoms with E-state index in [9.17, 15) is 24.5 Å². The van der Waals surface area contributed by atoms with E-state index in [0.717, 1.165) is 9.80 Å². The third-order valence-electron chi connectivity index (χ3n) is 5.64. The van der Waals surface area contributed by atoms with Crippen molar-refractivity contribution in [1.82, 2.24) is 4.90 Å². The number of azide groups is 1. The molecule has 0 aliphatic carbocycles. The van der Waals surface area contributed by atoms with E-state index < -0.39 is 46.9 Å². The highest BCUT2D eigenvalue weighted by molar-refractivity contribution is 6.23. The predicted molar refractivity (Wildman–Crippen MR) is 112 cm³/mol. The molecule has 0 bridgehead atoms. The van der Waals surface area contributed by atoms with Crippen LogP contribution in [0.1, 0.15) is 0 Å². The Labute approximate surface area is 181 Å². The number of rotatable bonds is 4. The first-order valence-electron chi connectivity index (χ1n) is 9.60. The van der Waals surface area contributed by atoms with Gasteiger partial charge in [0.2, 0.25) is 5.91 Å². The van der Waals surface area contributed by atoms with E-state index in [-0.39, 0.29) is 5.69 Å². The van der Waals surface area contributed by atoms with Crippen LogP contribution in [0.5, 0.6) is 0 Å². The zero-order valence-corrected chi connectivity index (χ0v) is 16.8. The maximum absolute atomic E-state index is 13.6. The number of likely N-dealkylation sites (N-methyl/N-ethyl adjacent to an activating group) is 1. The van der Waals surface area contributed by atoms with E-state index in [2.05, 4.69) is 10.0 Å². The smallest absolute Gasteiger partial charge is 0.318 e. The molecule has 0 spiro atoms. The van der Waals surface area contributed by atoms with Gasteiger partial charge in [0, 0.05) is 22.6 Å². The number of fused-ring (bicyclic) bond motifs is 1. The van der Waals surface area contributed by atoms with E-state index >= 15 is 0 Å². The summed E-state index contributed by atoms with van der Waals surface area (Å²) in [7, 11) is 1.29. The molecule has 0 saturated carbocycles. The maximum atomic E-state index is 13.6. The largest absolute Gasteiger partial charge is 0.337 e. The molecule has 0 radical (unpaired) electrons. The van der Waals surface area contributed by atoms with E-state index in [1.807, 2.05) is 0 Å². The summed E-state index contributed by atoms with van der Waals surface area (Å²) in [5, 5.41) is 15.2. The molecule has 2 aromatic rings. The molecule has 2 heterocycles. The van der Waals surface area contributed by atoms with Crippen molar-refractivity contribution in [2.75, 3.05) is 16.8 Å². The van der Waals surface area contributed by atoms with Gasteiger partial charge in [-0.05, 0) is 29.8 Å². The SMILES string of the molecule is CN1C(=O)C([N+](=O)[O-])C(N=[N+]=[N-])C2C(=O)N(c3ccccc3)C(=O)N(c3ccccc3)C21. The first kappa shape index (κ1) is 20.8. The van der Waals surface area contributed by atoms with E-state index in [1.165, 1.54) is 11.9 Å². The molecule has 4 atom stereocenters. The zero-order chi connectivity index (χ0) is 23.0. The van der Waals surface area contributed by atoms with Crippen LogP contribution >= 0.6 is 0 Å². The molecule has 4 rings (SSSR count). The van der Waals surface area contributed by atoms with Crippen molar-refractivity contribution in [1.29, 1.82) is 0 Å². The predicted octanol–water partition coefficient (Wildman–Crippen LogP) is 2.40. The number of likely N-dealkylation sites (tertiary alicyclic amines) is 1. The van der Waals surface area contributed by atoms with E-state index in [4.69, 9.17) is 5.53 Å². The van der Waals surface area contributed by atoms with Crippen molar-refractivity contribution < 1.29 is 19.3 Å². The summed E-state index contributed by atoms with van der Waals surface area (Å²) in [6.45, 7) is 0. The van der Waals surface area contributed by atoms with Gasteiger partial charge in [-0.1, -0.05) is 41.5 Å². The van der Waals surface area contributed by atoms with Crippen molar-refractivity contribution >= 4 is 29.2 Å². The fourth-order valence-corrected chi connectivity index (χ4v) is 4.25. The van der Waals surface area contributed by atoms with Gasteiger partial charge < -0.3 is 4.90 Å². The number of anilines is 2. The number of carbonyl (C=O) groups excluding carboxylic acids is 3. The molecule has 2 aliphatic heterocycles. The number of urea groups is 1. The second kappa shape index (κ2) is 8.00. The summed E-state index contributed by atoms with van der Waals surface area (Å²) in [5.74, 6) is -3.10. The highest BCUT2D eigenvalue weighted by Crippen LogP contribution is 2.39. The Hall–Kier alpha value is -4.44. The summed E-state index contributed by atoms with van der Waals surface area (Å²) in [4.78, 5) is 56.7. The van der Waals surface area contributed by atoms with Crippen LogP contribution in [0.15, 0.2) is 65.8 Å². The van der Waals surface area contributed by atoms with Gasteiger partial charge in [0.15, 0.2) is 0 Å². The number of hydrogen-bond acceptors (Lipinski definition) is 6. The van der Waals surface area contributed by atoms with Crippen LogP contribution in [-0.4, -0.2) is 53.0 Å². The molecule has 0 aromatic heterocycles. The Morgan fingerprint density at radius 1 is 0.969 bits per heavy atom. The number of imide groups is 1. The number of nitro groups is 1. The molecular formula is C20H17N7O5. The number of para-hydroxylation sites is 2. The molecule has 12 nitrogen and oxygen atoms in total. The van der Waals surface area contributed by atoms with Crippen molar-refractivity contribution in [3.8, 4) is 0 Å². The summed E-state index contributed by atoms with van der Waals surface area (Å²) in [6.07, 6.45) is -1.21. The topological polar surface area (TPSA) is 153 Å². The molecule has 2 saturated heterocycles. The van der Waals surface area contributed by atoms with Gasteiger partial charge in [-0.3, -0.25) is 24.6 Å². The Morgan fingerprint density at radius 2 is 1.53 bits per heavy atom. The lowest BCUT2D eigenvalue weighted by Crippen LogP contribution is -2.75. The van der Waals surface area contributed by atoms with Crippen LogP contribution in [0, 0.1) is 16.0 Å². The van der Waals surface area contributed by atoms with Gasteiger partial charge in [-0.2, -0.15) is 0 Å². The fraction of sp³-hybridized carbons (Fsp3) is 0.250. The molecule has 4 unspecified atom stereocenters. The number of piperidine rings is 1. The first-order valence-corrected chi connectivity index (χ1v) is 9.60. The highest BCUT2D eigenvalue weighted by atomic mass is 16.6. The molecule has 2 aliphatic rings. The summed E-state index contributed by atoms with van der Waals surface area (Å²) in [5.41, 5.74) is 9.69. The van der Waals surface area contributed by atoms with Gasteiger partial charge in [0.05, 0.1) is 11.6 Å². The van der Waals surface area contributed by atoms with Crippen LogP contribution in [-0.2, 0) is 9.59 Å². The molecule has 162 valence electrons. The van der Waals surface area contributed by atoms with Crippen LogP contribution in [0.4, 0.5) is 16.2 Å². The second-order valence-corrected chi connectivity index (χ2v) is 7.31. The van der Waals surface area contributed by atoms with Gasteiger partial charge in [-0.15, -0.1) is 0 Å². The third kappa shape index (κ3) is 3.10. The highest BCUT2D eigenvalue weighted by Gasteiger charge is 2.62. The molecular weight excluding hydrogens is 418 g/mol. The molecule has 12 heteroatoms. The van der Waals surface area contributed by atoms with Crippen molar-refractivity contribution in [2.45, 2.75) is 18.2 Å². The quantitative estimate of drug-likeness (QED) is 0.237. The number of amides is 4. The normalized spacial score (nSPS) is 25.3. The van der Waals surface area contributed by atoms with E-state index in [0.29, 0.717) is 5.69 Å². The van der Waals surface area contributed by atoms with Crippen LogP contribution in [0.3, 0.4) is 0 Å². The van der Waals surface area contributed by atoms with Gasteiger partial charge in [0.25, 0.3) is 11.9 Å².